The summed E-state index contributed by atoms with van der Waals surface area (Å²) in [4.78, 5) is 0. The molecule has 2 aromatic carbocycles. The van der Waals surface area contributed by atoms with Gasteiger partial charge >= 0.3 is 0 Å². The largest absolute Gasteiger partial charge is 0.487 e. The molecule has 2 rings (SSSR count). The fourth-order valence-electron chi connectivity index (χ4n) is 1.54. The molecule has 0 aliphatic rings. The average Bonchev–Trinajstić information content (AvgIpc) is 2.37. The third-order valence-corrected chi connectivity index (χ3v) is 2.42. The predicted molar refractivity (Wildman–Crippen MR) is 66.3 cm³/mol. The fourth-order valence-corrected chi connectivity index (χ4v) is 1.54. The summed E-state index contributed by atoms with van der Waals surface area (Å²) in [5.41, 5.74) is 7.33. The van der Waals surface area contributed by atoms with E-state index >= 15 is 0 Å². The molecule has 0 radical (unpaired) electrons. The van der Waals surface area contributed by atoms with Crippen LogP contribution in [0.4, 0.5) is 10.1 Å². The molecular weight excluding hydrogens is 231 g/mol. The van der Waals surface area contributed by atoms with Crippen LogP contribution >= 0.6 is 0 Å². The van der Waals surface area contributed by atoms with Gasteiger partial charge in [-0.25, -0.2) is 4.39 Å². The molecular formula is C14H11FN2O. The number of benzene rings is 2. The SMILES string of the molecule is N#Cc1ccc(OCc2cccc(F)c2)c(N)c1. The highest BCUT2D eigenvalue weighted by Gasteiger charge is 2.03. The van der Waals surface area contributed by atoms with E-state index in [-0.39, 0.29) is 12.4 Å². The van der Waals surface area contributed by atoms with Crippen molar-refractivity contribution in [3.8, 4) is 11.8 Å². The molecule has 0 amide bonds. The minimum atomic E-state index is -0.302. The predicted octanol–water partition coefficient (Wildman–Crippen LogP) is 2.86. The smallest absolute Gasteiger partial charge is 0.142 e. The Kier molecular flexibility index (Phi) is 3.44. The number of hydrogen-bond acceptors (Lipinski definition) is 3. The Morgan fingerprint density at radius 2 is 2.06 bits per heavy atom. The zero-order valence-corrected chi connectivity index (χ0v) is 9.56. The van der Waals surface area contributed by atoms with Crippen molar-refractivity contribution in [2.45, 2.75) is 6.61 Å². The molecule has 2 aromatic rings. The first-order chi connectivity index (χ1) is 8.69. The highest BCUT2D eigenvalue weighted by molar-refractivity contribution is 5.56. The fraction of sp³-hybridized carbons (Fsp3) is 0.0714. The van der Waals surface area contributed by atoms with Crippen molar-refractivity contribution in [2.75, 3.05) is 5.73 Å². The number of rotatable bonds is 3. The van der Waals surface area contributed by atoms with Crippen LogP contribution < -0.4 is 10.5 Å². The van der Waals surface area contributed by atoms with E-state index in [1.54, 1.807) is 30.3 Å². The molecule has 0 spiro atoms. The maximum Gasteiger partial charge on any atom is 0.142 e. The zero-order valence-electron chi connectivity index (χ0n) is 9.56. The molecule has 3 nitrogen and oxygen atoms in total. The molecule has 90 valence electrons. The highest BCUT2D eigenvalue weighted by Crippen LogP contribution is 2.23. The van der Waals surface area contributed by atoms with Crippen LogP contribution in [-0.2, 0) is 6.61 Å². The third kappa shape index (κ3) is 2.77. The van der Waals surface area contributed by atoms with Gasteiger partial charge in [0.15, 0.2) is 0 Å². The number of halogens is 1. The maximum absolute atomic E-state index is 13.0. The maximum atomic E-state index is 13.0. The summed E-state index contributed by atoms with van der Waals surface area (Å²) in [7, 11) is 0. The van der Waals surface area contributed by atoms with E-state index < -0.39 is 0 Å². The molecule has 18 heavy (non-hydrogen) atoms. The molecule has 0 aliphatic heterocycles. The van der Waals surface area contributed by atoms with Gasteiger partial charge in [0, 0.05) is 0 Å². The second-order valence-electron chi connectivity index (χ2n) is 3.78. The Morgan fingerprint density at radius 3 is 2.72 bits per heavy atom. The molecule has 4 heteroatoms. The molecule has 0 aliphatic carbocycles. The van der Waals surface area contributed by atoms with Gasteiger partial charge in [-0.3, -0.25) is 0 Å². The summed E-state index contributed by atoms with van der Waals surface area (Å²) in [5, 5.41) is 8.70. The number of ether oxygens (including phenoxy) is 1. The van der Waals surface area contributed by atoms with Gasteiger partial charge in [0.1, 0.15) is 18.2 Å². The van der Waals surface area contributed by atoms with Gasteiger partial charge in [0.25, 0.3) is 0 Å². The van der Waals surface area contributed by atoms with Crippen LogP contribution in [0.15, 0.2) is 42.5 Å². The zero-order chi connectivity index (χ0) is 13.0. The van der Waals surface area contributed by atoms with Crippen molar-refractivity contribution in [1.29, 1.82) is 5.26 Å². The number of anilines is 1. The van der Waals surface area contributed by atoms with E-state index in [0.717, 1.165) is 5.56 Å². The molecule has 0 atom stereocenters. The normalized spacial score (nSPS) is 9.78. The average molecular weight is 242 g/mol. The lowest BCUT2D eigenvalue weighted by molar-refractivity contribution is 0.307. The van der Waals surface area contributed by atoms with E-state index in [4.69, 9.17) is 15.7 Å². The molecule has 2 N–H and O–H groups in total. The van der Waals surface area contributed by atoms with Crippen molar-refractivity contribution in [2.24, 2.45) is 0 Å². The van der Waals surface area contributed by atoms with Crippen LogP contribution in [0.3, 0.4) is 0 Å². The van der Waals surface area contributed by atoms with E-state index in [9.17, 15) is 4.39 Å². The third-order valence-electron chi connectivity index (χ3n) is 2.42. The van der Waals surface area contributed by atoms with Gasteiger partial charge in [0.05, 0.1) is 17.3 Å². The Labute approximate surface area is 104 Å². The van der Waals surface area contributed by atoms with E-state index in [1.165, 1.54) is 12.1 Å². The number of hydrogen-bond donors (Lipinski definition) is 1. The monoisotopic (exact) mass is 242 g/mol. The molecule has 0 fully saturated rings. The molecule has 0 aromatic heterocycles. The van der Waals surface area contributed by atoms with Crippen LogP contribution in [0, 0.1) is 17.1 Å². The standard InChI is InChI=1S/C14H11FN2O/c15-12-3-1-2-11(6-12)9-18-14-5-4-10(8-16)7-13(14)17/h1-7H,9,17H2. The molecule has 0 saturated carbocycles. The molecule has 0 heterocycles. The van der Waals surface area contributed by atoms with Crippen molar-refractivity contribution in [3.63, 3.8) is 0 Å². The van der Waals surface area contributed by atoms with Gasteiger partial charge in [-0.1, -0.05) is 12.1 Å². The Bertz CT molecular complexity index is 605. The lowest BCUT2D eigenvalue weighted by Gasteiger charge is -2.09. The molecule has 0 bridgehead atoms. The summed E-state index contributed by atoms with van der Waals surface area (Å²) in [5.74, 6) is 0.183. The summed E-state index contributed by atoms with van der Waals surface area (Å²) in [6.07, 6.45) is 0. The summed E-state index contributed by atoms with van der Waals surface area (Å²) < 4.78 is 18.4. The first-order valence-electron chi connectivity index (χ1n) is 5.36. The lowest BCUT2D eigenvalue weighted by atomic mass is 10.2. The van der Waals surface area contributed by atoms with Crippen molar-refractivity contribution < 1.29 is 9.13 Å². The Hall–Kier alpha value is -2.54. The van der Waals surface area contributed by atoms with Gasteiger partial charge in [-0.05, 0) is 35.9 Å². The van der Waals surface area contributed by atoms with Crippen LogP contribution in [0.1, 0.15) is 11.1 Å². The number of nitrogen functional groups attached to an aromatic ring is 1. The minimum Gasteiger partial charge on any atom is -0.487 e. The topological polar surface area (TPSA) is 59.0 Å². The van der Waals surface area contributed by atoms with E-state index in [2.05, 4.69) is 0 Å². The quantitative estimate of drug-likeness (QED) is 0.842. The van der Waals surface area contributed by atoms with Crippen molar-refractivity contribution in [1.82, 2.24) is 0 Å². The van der Waals surface area contributed by atoms with Gasteiger partial charge < -0.3 is 10.5 Å². The number of nitriles is 1. The van der Waals surface area contributed by atoms with Crippen molar-refractivity contribution >= 4 is 5.69 Å². The second kappa shape index (κ2) is 5.19. The Morgan fingerprint density at radius 1 is 1.22 bits per heavy atom. The minimum absolute atomic E-state index is 0.230. The number of nitrogens with zero attached hydrogens (tertiary/aromatic N) is 1. The summed E-state index contributed by atoms with van der Waals surface area (Å²) >= 11 is 0. The van der Waals surface area contributed by atoms with Crippen LogP contribution in [-0.4, -0.2) is 0 Å². The number of nitrogens with two attached hydrogens (primary N) is 1. The Balaban J connectivity index is 2.09. The van der Waals surface area contributed by atoms with Crippen LogP contribution in [0.5, 0.6) is 5.75 Å². The summed E-state index contributed by atoms with van der Waals surface area (Å²) in [6, 6.07) is 13.0. The lowest BCUT2D eigenvalue weighted by Crippen LogP contribution is -1.99. The highest BCUT2D eigenvalue weighted by atomic mass is 19.1. The second-order valence-corrected chi connectivity index (χ2v) is 3.78. The first kappa shape index (κ1) is 11.9. The molecule has 0 unspecified atom stereocenters. The summed E-state index contributed by atoms with van der Waals surface area (Å²) in [6.45, 7) is 0.230. The van der Waals surface area contributed by atoms with Gasteiger partial charge in [-0.2, -0.15) is 5.26 Å². The van der Waals surface area contributed by atoms with Crippen LogP contribution in [0.2, 0.25) is 0 Å². The molecule has 0 saturated heterocycles. The van der Waals surface area contributed by atoms with E-state index in [0.29, 0.717) is 17.0 Å². The van der Waals surface area contributed by atoms with Gasteiger partial charge in [0.2, 0.25) is 0 Å². The van der Waals surface area contributed by atoms with Gasteiger partial charge in [-0.15, -0.1) is 0 Å². The van der Waals surface area contributed by atoms with Crippen LogP contribution in [0.25, 0.3) is 0 Å². The van der Waals surface area contributed by atoms with Crippen molar-refractivity contribution in [3.05, 3.63) is 59.4 Å². The van der Waals surface area contributed by atoms with E-state index in [1.807, 2.05) is 6.07 Å². The first-order valence-corrected chi connectivity index (χ1v) is 5.36.